The molecule has 8 heteroatoms. The molecule has 5 nitrogen and oxygen atoms in total. The third-order valence-electron chi connectivity index (χ3n) is 5.75. The first-order valence-electron chi connectivity index (χ1n) is 9.83. The van der Waals surface area contributed by atoms with Crippen LogP contribution < -0.4 is 10.6 Å². The zero-order valence-electron chi connectivity index (χ0n) is 16.4. The van der Waals surface area contributed by atoms with Crippen molar-refractivity contribution in [2.24, 2.45) is 0 Å². The number of amides is 1. The maximum absolute atomic E-state index is 13.7. The molecule has 2 aliphatic rings. The number of nitrogens with one attached hydrogen (secondary N) is 2. The molecule has 1 aliphatic heterocycles. The average Bonchev–Trinajstić information content (AvgIpc) is 3.42. The van der Waals surface area contributed by atoms with Gasteiger partial charge in [-0.05, 0) is 61.4 Å². The van der Waals surface area contributed by atoms with Gasteiger partial charge in [0.25, 0.3) is 5.91 Å². The summed E-state index contributed by atoms with van der Waals surface area (Å²) in [7, 11) is 1.64. The van der Waals surface area contributed by atoms with Gasteiger partial charge in [0.1, 0.15) is 5.69 Å². The highest BCUT2D eigenvalue weighted by Gasteiger charge is 2.36. The number of rotatable bonds is 5. The number of fused-ring (bicyclic) bond motifs is 1. The number of halogens is 3. The van der Waals surface area contributed by atoms with Crippen LogP contribution in [0.4, 0.5) is 13.2 Å². The molecule has 2 fully saturated rings. The Morgan fingerprint density at radius 3 is 2.69 bits per heavy atom. The van der Waals surface area contributed by atoms with Crippen LogP contribution in [-0.4, -0.2) is 43.2 Å². The van der Waals surface area contributed by atoms with Crippen LogP contribution in [0.15, 0.2) is 18.2 Å². The second-order valence-electron chi connectivity index (χ2n) is 7.97. The highest BCUT2D eigenvalue weighted by atomic mass is 19.4. The van der Waals surface area contributed by atoms with E-state index in [0.29, 0.717) is 29.6 Å². The van der Waals surface area contributed by atoms with Crippen molar-refractivity contribution < 1.29 is 22.7 Å². The summed E-state index contributed by atoms with van der Waals surface area (Å²) in [6, 6.07) is 4.62. The van der Waals surface area contributed by atoms with E-state index < -0.39 is 17.6 Å². The fraction of sp³-hybridized carbons (Fsp3) is 0.524. The van der Waals surface area contributed by atoms with E-state index >= 15 is 0 Å². The number of alkyl halides is 3. The molecule has 2 N–H and O–H groups in total. The molecule has 0 spiro atoms. The Morgan fingerprint density at radius 2 is 2.07 bits per heavy atom. The number of benzene rings is 1. The van der Waals surface area contributed by atoms with E-state index in [1.54, 1.807) is 26.2 Å². The van der Waals surface area contributed by atoms with Gasteiger partial charge in [0, 0.05) is 31.6 Å². The Bertz CT molecular complexity index is 941. The first-order valence-corrected chi connectivity index (χ1v) is 9.83. The number of aryl methyl sites for hydroxylation is 1. The molecule has 2 unspecified atom stereocenters. The Labute approximate surface area is 167 Å². The smallest absolute Gasteiger partial charge is 0.380 e. The Morgan fingerprint density at radius 1 is 1.31 bits per heavy atom. The van der Waals surface area contributed by atoms with E-state index in [-0.39, 0.29) is 29.3 Å². The zero-order valence-corrected chi connectivity index (χ0v) is 16.4. The second-order valence-corrected chi connectivity index (χ2v) is 7.97. The Kier molecular flexibility index (Phi) is 5.25. The van der Waals surface area contributed by atoms with E-state index in [1.807, 2.05) is 0 Å². The van der Waals surface area contributed by atoms with E-state index in [2.05, 4.69) is 15.6 Å². The number of hydrogen-bond acceptors (Lipinski definition) is 4. The largest absolute Gasteiger partial charge is 0.418 e. The van der Waals surface area contributed by atoms with Gasteiger partial charge < -0.3 is 15.4 Å². The molecule has 0 bridgehead atoms. The van der Waals surface area contributed by atoms with Crippen molar-refractivity contribution in [2.45, 2.75) is 50.4 Å². The van der Waals surface area contributed by atoms with Gasteiger partial charge >= 0.3 is 6.18 Å². The average molecular weight is 407 g/mol. The molecule has 2 aromatic rings. The van der Waals surface area contributed by atoms with Crippen molar-refractivity contribution in [1.82, 2.24) is 15.6 Å². The van der Waals surface area contributed by atoms with Gasteiger partial charge in [-0.2, -0.15) is 13.2 Å². The number of pyridine rings is 1. The maximum atomic E-state index is 13.7. The van der Waals surface area contributed by atoms with Gasteiger partial charge in [-0.1, -0.05) is 0 Å². The van der Waals surface area contributed by atoms with E-state index in [9.17, 15) is 18.0 Å². The molecule has 2 heterocycles. The molecule has 4 rings (SSSR count). The first kappa shape index (κ1) is 20.1. The highest BCUT2D eigenvalue weighted by Crippen LogP contribution is 2.44. The monoisotopic (exact) mass is 407 g/mol. The summed E-state index contributed by atoms with van der Waals surface area (Å²) in [6.45, 7) is 2.80. The lowest BCUT2D eigenvalue weighted by Gasteiger charge is -2.16. The number of methoxy groups -OCH3 is 1. The van der Waals surface area contributed by atoms with Crippen LogP contribution in [0.1, 0.15) is 52.4 Å². The van der Waals surface area contributed by atoms with Crippen LogP contribution >= 0.6 is 0 Å². The number of hydrogen-bond donors (Lipinski definition) is 2. The predicted octanol–water partition coefficient (Wildman–Crippen LogP) is 3.55. The molecule has 2 atom stereocenters. The topological polar surface area (TPSA) is 63.2 Å². The van der Waals surface area contributed by atoms with Gasteiger partial charge in [-0.3, -0.25) is 4.79 Å². The van der Waals surface area contributed by atoms with Gasteiger partial charge in [0.2, 0.25) is 0 Å². The maximum Gasteiger partial charge on any atom is 0.418 e. The molecule has 1 aromatic carbocycles. The molecule has 1 amide bonds. The van der Waals surface area contributed by atoms with Gasteiger partial charge in [0.05, 0.1) is 17.2 Å². The predicted molar refractivity (Wildman–Crippen MR) is 103 cm³/mol. The number of nitrogens with zero attached hydrogens (tertiary/aromatic N) is 1. The molecular weight excluding hydrogens is 383 g/mol. The first-order chi connectivity index (χ1) is 13.8. The normalized spacial score (nSPS) is 22.2. The standard InChI is InChI=1S/C21H24F3N3O2/c1-11-5-18(20(28)26-9-14-8-15(29-2)10-25-14)27-19-16(11)6-13(12-3-4-12)7-17(19)21(22,23)24/h5-7,12,14-15,25H,3-4,8-10H2,1-2H3,(H,26,28). The van der Waals surface area contributed by atoms with Crippen molar-refractivity contribution in [3.63, 3.8) is 0 Å². The van der Waals surface area contributed by atoms with Crippen molar-refractivity contribution in [3.8, 4) is 0 Å². The number of carbonyl (C=O) groups excluding carboxylic acids is 1. The third-order valence-corrected chi connectivity index (χ3v) is 5.75. The Balaban J connectivity index is 1.62. The molecule has 29 heavy (non-hydrogen) atoms. The summed E-state index contributed by atoms with van der Waals surface area (Å²) in [4.78, 5) is 16.7. The number of carbonyl (C=O) groups is 1. The lowest BCUT2D eigenvalue weighted by Crippen LogP contribution is -2.37. The molecular formula is C21H24F3N3O2. The number of ether oxygens (including phenoxy) is 1. The molecule has 156 valence electrons. The number of aromatic nitrogens is 1. The fourth-order valence-corrected chi connectivity index (χ4v) is 3.92. The van der Waals surface area contributed by atoms with Crippen LogP contribution in [0.3, 0.4) is 0 Å². The van der Waals surface area contributed by atoms with Crippen LogP contribution in [0.2, 0.25) is 0 Å². The summed E-state index contributed by atoms with van der Waals surface area (Å²) in [5.74, 6) is -0.283. The highest BCUT2D eigenvalue weighted by molar-refractivity contribution is 5.97. The molecule has 1 saturated heterocycles. The van der Waals surface area contributed by atoms with Crippen molar-refractivity contribution >= 4 is 16.8 Å². The van der Waals surface area contributed by atoms with Gasteiger partial charge in [-0.15, -0.1) is 0 Å². The summed E-state index contributed by atoms with van der Waals surface area (Å²) in [5, 5.41) is 6.48. The van der Waals surface area contributed by atoms with Crippen LogP contribution in [0, 0.1) is 6.92 Å². The fourth-order valence-electron chi connectivity index (χ4n) is 3.92. The van der Waals surface area contributed by atoms with Crippen LogP contribution in [0.5, 0.6) is 0 Å². The summed E-state index contributed by atoms with van der Waals surface area (Å²) < 4.78 is 46.4. The van der Waals surface area contributed by atoms with E-state index in [4.69, 9.17) is 4.74 Å². The van der Waals surface area contributed by atoms with E-state index in [0.717, 1.165) is 19.3 Å². The lowest BCUT2D eigenvalue weighted by atomic mass is 9.98. The summed E-state index contributed by atoms with van der Waals surface area (Å²) in [6.07, 6.45) is -1.83. The second kappa shape index (κ2) is 7.57. The van der Waals surface area contributed by atoms with Crippen molar-refractivity contribution in [3.05, 3.63) is 40.6 Å². The summed E-state index contributed by atoms with van der Waals surface area (Å²) in [5.41, 5.74) is 0.389. The van der Waals surface area contributed by atoms with Crippen LogP contribution in [0.25, 0.3) is 10.9 Å². The minimum absolute atomic E-state index is 0.000889. The zero-order chi connectivity index (χ0) is 20.8. The minimum Gasteiger partial charge on any atom is -0.380 e. The van der Waals surface area contributed by atoms with E-state index in [1.165, 1.54) is 6.07 Å². The van der Waals surface area contributed by atoms with Crippen molar-refractivity contribution in [2.75, 3.05) is 20.2 Å². The lowest BCUT2D eigenvalue weighted by molar-refractivity contribution is -0.136. The molecule has 0 radical (unpaired) electrons. The molecule has 1 aromatic heterocycles. The third kappa shape index (κ3) is 4.23. The molecule has 1 aliphatic carbocycles. The van der Waals surface area contributed by atoms with Crippen molar-refractivity contribution in [1.29, 1.82) is 0 Å². The minimum atomic E-state index is -4.53. The Hall–Kier alpha value is -2.19. The quantitative estimate of drug-likeness (QED) is 0.796. The van der Waals surface area contributed by atoms with Gasteiger partial charge in [-0.25, -0.2) is 4.98 Å². The van der Waals surface area contributed by atoms with Crippen LogP contribution in [-0.2, 0) is 10.9 Å². The summed E-state index contributed by atoms with van der Waals surface area (Å²) >= 11 is 0. The SMILES string of the molecule is COC1CNC(CNC(=O)c2cc(C)c3cc(C4CC4)cc(C(F)(F)F)c3n2)C1. The van der Waals surface area contributed by atoms with Gasteiger partial charge in [0.15, 0.2) is 0 Å². The molecule has 1 saturated carbocycles.